The lowest BCUT2D eigenvalue weighted by Crippen LogP contribution is -2.37. The molecular formula is C18H20O. The van der Waals surface area contributed by atoms with Crippen LogP contribution in [0.4, 0.5) is 0 Å². The van der Waals surface area contributed by atoms with E-state index < -0.39 is 5.60 Å². The normalized spacial score (nSPS) is 25.9. The second-order valence-corrected chi connectivity index (χ2v) is 5.95. The second kappa shape index (κ2) is 4.50. The average molecular weight is 252 g/mol. The molecule has 0 bridgehead atoms. The molecule has 1 heteroatoms. The van der Waals surface area contributed by atoms with Crippen LogP contribution >= 0.6 is 0 Å². The van der Waals surface area contributed by atoms with Crippen molar-refractivity contribution in [3.05, 3.63) is 59.7 Å². The maximum absolute atomic E-state index is 10.7. The van der Waals surface area contributed by atoms with Gasteiger partial charge < -0.3 is 5.11 Å². The Hall–Kier alpha value is -1.60. The second-order valence-electron chi connectivity index (χ2n) is 5.95. The molecule has 0 aromatic heterocycles. The summed E-state index contributed by atoms with van der Waals surface area (Å²) in [5.41, 5.74) is 4.52. The number of rotatable bonds is 0. The number of aliphatic hydroxyl groups is 1. The first-order valence-corrected chi connectivity index (χ1v) is 6.96. The van der Waals surface area contributed by atoms with Gasteiger partial charge in [-0.3, -0.25) is 0 Å². The van der Waals surface area contributed by atoms with Crippen LogP contribution in [-0.4, -0.2) is 10.7 Å². The third-order valence-electron chi connectivity index (χ3n) is 4.46. The van der Waals surface area contributed by atoms with Crippen LogP contribution in [0, 0.1) is 5.92 Å². The monoisotopic (exact) mass is 252 g/mol. The Kier molecular flexibility index (Phi) is 2.94. The van der Waals surface area contributed by atoms with Crippen molar-refractivity contribution in [2.24, 2.45) is 5.92 Å². The Labute approximate surface area is 114 Å². The van der Waals surface area contributed by atoms with Gasteiger partial charge in [0.05, 0.1) is 5.60 Å². The van der Waals surface area contributed by atoms with Crippen molar-refractivity contribution in [2.75, 3.05) is 0 Å². The summed E-state index contributed by atoms with van der Waals surface area (Å²) in [7, 11) is 0. The molecule has 0 saturated heterocycles. The maximum Gasteiger partial charge on any atom is 0.0688 e. The Morgan fingerprint density at radius 3 is 2.16 bits per heavy atom. The van der Waals surface area contributed by atoms with Gasteiger partial charge in [-0.2, -0.15) is 0 Å². The molecule has 0 aliphatic heterocycles. The van der Waals surface area contributed by atoms with Crippen molar-refractivity contribution in [3.63, 3.8) is 0 Å². The van der Waals surface area contributed by atoms with E-state index in [9.17, 15) is 5.11 Å². The third-order valence-corrected chi connectivity index (χ3v) is 4.46. The van der Waals surface area contributed by atoms with E-state index in [1.807, 2.05) is 6.92 Å². The highest BCUT2D eigenvalue weighted by atomic mass is 16.3. The summed E-state index contributed by atoms with van der Waals surface area (Å²) in [5.74, 6) is 0.252. The van der Waals surface area contributed by atoms with E-state index in [0.29, 0.717) is 0 Å². The van der Waals surface area contributed by atoms with Gasteiger partial charge in [0.25, 0.3) is 0 Å². The highest BCUT2D eigenvalue weighted by molar-refractivity contribution is 5.71. The lowest BCUT2D eigenvalue weighted by Gasteiger charge is -2.34. The molecule has 0 saturated carbocycles. The van der Waals surface area contributed by atoms with E-state index in [2.05, 4.69) is 55.5 Å². The van der Waals surface area contributed by atoms with Crippen LogP contribution in [0.3, 0.4) is 0 Å². The van der Waals surface area contributed by atoms with Crippen LogP contribution in [0.2, 0.25) is 0 Å². The van der Waals surface area contributed by atoms with Crippen molar-refractivity contribution < 1.29 is 5.11 Å². The summed E-state index contributed by atoms with van der Waals surface area (Å²) in [5, 5.41) is 10.7. The molecule has 0 amide bonds. The lowest BCUT2D eigenvalue weighted by atomic mass is 9.76. The molecule has 0 unspecified atom stereocenters. The zero-order chi connectivity index (χ0) is 13.5. The Balaban J connectivity index is 2.23. The van der Waals surface area contributed by atoms with Crippen molar-refractivity contribution in [3.8, 4) is 11.1 Å². The minimum Gasteiger partial charge on any atom is -0.390 e. The minimum absolute atomic E-state index is 0.252. The van der Waals surface area contributed by atoms with Gasteiger partial charge in [0, 0.05) is 6.42 Å². The first kappa shape index (κ1) is 12.4. The quantitative estimate of drug-likeness (QED) is 0.755. The molecule has 1 aliphatic rings. The van der Waals surface area contributed by atoms with E-state index in [0.717, 1.165) is 12.8 Å². The first-order valence-electron chi connectivity index (χ1n) is 6.96. The standard InChI is InChI=1S/C18H20O/c1-13-11-14-7-3-5-9-16(14)17-10-6-4-8-15(17)12-18(13,2)19/h3-10,13,19H,11-12H2,1-2H3/t13-,18-/m0/s1. The molecule has 1 N–H and O–H groups in total. The zero-order valence-electron chi connectivity index (χ0n) is 11.6. The zero-order valence-corrected chi connectivity index (χ0v) is 11.6. The molecule has 2 aromatic carbocycles. The fourth-order valence-electron chi connectivity index (χ4n) is 3.01. The van der Waals surface area contributed by atoms with E-state index in [1.54, 1.807) is 0 Å². The van der Waals surface area contributed by atoms with E-state index in [-0.39, 0.29) is 5.92 Å². The van der Waals surface area contributed by atoms with Crippen LogP contribution < -0.4 is 0 Å². The van der Waals surface area contributed by atoms with E-state index in [1.165, 1.54) is 22.3 Å². The molecule has 98 valence electrons. The molecule has 0 spiro atoms. The Bertz CT molecular complexity index is 598. The van der Waals surface area contributed by atoms with Crippen LogP contribution in [0.5, 0.6) is 0 Å². The Morgan fingerprint density at radius 1 is 0.947 bits per heavy atom. The fraction of sp³-hybridized carbons (Fsp3) is 0.333. The van der Waals surface area contributed by atoms with Crippen molar-refractivity contribution in [2.45, 2.75) is 32.3 Å². The lowest BCUT2D eigenvalue weighted by molar-refractivity contribution is 0.00642. The van der Waals surface area contributed by atoms with Gasteiger partial charge >= 0.3 is 0 Å². The van der Waals surface area contributed by atoms with Gasteiger partial charge in [-0.25, -0.2) is 0 Å². The topological polar surface area (TPSA) is 20.2 Å². The number of benzene rings is 2. The van der Waals surface area contributed by atoms with Crippen molar-refractivity contribution in [1.29, 1.82) is 0 Å². The molecule has 1 aliphatic carbocycles. The molecular weight excluding hydrogens is 232 g/mol. The predicted molar refractivity (Wildman–Crippen MR) is 79.1 cm³/mol. The van der Waals surface area contributed by atoms with Gasteiger partial charge in [0.1, 0.15) is 0 Å². The molecule has 2 atom stereocenters. The summed E-state index contributed by atoms with van der Waals surface area (Å²) < 4.78 is 0. The fourth-order valence-corrected chi connectivity index (χ4v) is 3.01. The van der Waals surface area contributed by atoms with Crippen LogP contribution in [-0.2, 0) is 12.8 Å². The summed E-state index contributed by atoms with van der Waals surface area (Å²) in [4.78, 5) is 0. The maximum atomic E-state index is 10.7. The van der Waals surface area contributed by atoms with Crippen LogP contribution in [0.25, 0.3) is 11.1 Å². The third kappa shape index (κ3) is 2.19. The van der Waals surface area contributed by atoms with Gasteiger partial charge in [-0.15, -0.1) is 0 Å². The molecule has 0 radical (unpaired) electrons. The molecule has 1 nitrogen and oxygen atoms in total. The highest BCUT2D eigenvalue weighted by Crippen LogP contribution is 2.36. The molecule has 3 rings (SSSR count). The highest BCUT2D eigenvalue weighted by Gasteiger charge is 2.32. The Morgan fingerprint density at radius 2 is 1.47 bits per heavy atom. The van der Waals surface area contributed by atoms with Crippen LogP contribution in [0.15, 0.2) is 48.5 Å². The van der Waals surface area contributed by atoms with E-state index in [4.69, 9.17) is 0 Å². The number of hydrogen-bond donors (Lipinski definition) is 1. The number of fused-ring (bicyclic) bond motifs is 3. The van der Waals surface area contributed by atoms with Gasteiger partial charge in [-0.1, -0.05) is 55.5 Å². The molecule has 0 fully saturated rings. The predicted octanol–water partition coefficient (Wildman–Crippen LogP) is 3.84. The summed E-state index contributed by atoms with van der Waals surface area (Å²) >= 11 is 0. The minimum atomic E-state index is -0.649. The largest absolute Gasteiger partial charge is 0.390 e. The van der Waals surface area contributed by atoms with Crippen molar-refractivity contribution in [1.82, 2.24) is 0 Å². The summed E-state index contributed by atoms with van der Waals surface area (Å²) in [6.45, 7) is 4.10. The average Bonchev–Trinajstić information content (AvgIpc) is 2.39. The number of hydrogen-bond acceptors (Lipinski definition) is 1. The van der Waals surface area contributed by atoms with Gasteiger partial charge in [0.15, 0.2) is 0 Å². The van der Waals surface area contributed by atoms with Gasteiger partial charge in [-0.05, 0) is 41.5 Å². The summed E-state index contributed by atoms with van der Waals surface area (Å²) in [6.07, 6.45) is 1.65. The van der Waals surface area contributed by atoms with Gasteiger partial charge in [0.2, 0.25) is 0 Å². The smallest absolute Gasteiger partial charge is 0.0688 e. The summed E-state index contributed by atoms with van der Waals surface area (Å²) in [6, 6.07) is 17.0. The molecule has 0 heterocycles. The first-order chi connectivity index (χ1) is 9.08. The van der Waals surface area contributed by atoms with E-state index >= 15 is 0 Å². The van der Waals surface area contributed by atoms with Crippen LogP contribution in [0.1, 0.15) is 25.0 Å². The molecule has 2 aromatic rings. The van der Waals surface area contributed by atoms with Crippen molar-refractivity contribution >= 4 is 0 Å². The SMILES string of the molecule is C[C@H]1Cc2ccccc2-c2ccccc2C[C@]1(C)O. The molecule has 19 heavy (non-hydrogen) atoms.